The van der Waals surface area contributed by atoms with Crippen LogP contribution in [-0.2, 0) is 11.2 Å². The van der Waals surface area contributed by atoms with Gasteiger partial charge in [-0.3, -0.25) is 14.9 Å². The molecule has 0 atom stereocenters. The molecule has 0 fully saturated rings. The zero-order valence-corrected chi connectivity index (χ0v) is 14.9. The highest BCUT2D eigenvalue weighted by Crippen LogP contribution is 2.27. The van der Waals surface area contributed by atoms with E-state index < -0.39 is 4.92 Å². The van der Waals surface area contributed by atoms with Gasteiger partial charge in [0.15, 0.2) is 11.5 Å². The van der Waals surface area contributed by atoms with Crippen LogP contribution in [0.15, 0.2) is 53.6 Å². The van der Waals surface area contributed by atoms with Crippen molar-refractivity contribution >= 4 is 23.9 Å². The molecule has 0 aliphatic carbocycles. The van der Waals surface area contributed by atoms with Gasteiger partial charge in [-0.05, 0) is 35.9 Å². The SMILES string of the molecule is COc1ccc(CC(=O)N/N=C\C=C\c2ccccc2[N+](=O)[O-])cc1OC. The van der Waals surface area contributed by atoms with Crippen LogP contribution in [0.1, 0.15) is 11.1 Å². The fourth-order valence-corrected chi connectivity index (χ4v) is 2.31. The summed E-state index contributed by atoms with van der Waals surface area (Å²) in [6.07, 6.45) is 4.52. The maximum atomic E-state index is 11.9. The topological polar surface area (TPSA) is 103 Å². The van der Waals surface area contributed by atoms with Crippen LogP contribution in [0.4, 0.5) is 5.69 Å². The lowest BCUT2D eigenvalue weighted by Gasteiger charge is -2.08. The van der Waals surface area contributed by atoms with Gasteiger partial charge in [0.25, 0.3) is 5.69 Å². The Kier molecular flexibility index (Phi) is 7.07. The van der Waals surface area contributed by atoms with E-state index in [9.17, 15) is 14.9 Å². The van der Waals surface area contributed by atoms with Crippen molar-refractivity contribution in [3.8, 4) is 11.5 Å². The molecule has 0 aliphatic rings. The predicted molar refractivity (Wildman–Crippen MR) is 102 cm³/mol. The average molecular weight is 369 g/mol. The Morgan fingerprint density at radius 3 is 2.63 bits per heavy atom. The van der Waals surface area contributed by atoms with Crippen LogP contribution in [0.3, 0.4) is 0 Å². The van der Waals surface area contributed by atoms with Gasteiger partial charge in [0.2, 0.25) is 5.91 Å². The molecule has 1 amide bonds. The van der Waals surface area contributed by atoms with Crippen molar-refractivity contribution in [2.24, 2.45) is 5.10 Å². The minimum absolute atomic E-state index is 0.000335. The molecule has 0 heterocycles. The van der Waals surface area contributed by atoms with E-state index in [1.54, 1.807) is 42.5 Å². The van der Waals surface area contributed by atoms with E-state index >= 15 is 0 Å². The lowest BCUT2D eigenvalue weighted by Crippen LogP contribution is -2.19. The summed E-state index contributed by atoms with van der Waals surface area (Å²) in [5.74, 6) is 0.816. The number of para-hydroxylation sites is 1. The van der Waals surface area contributed by atoms with Crippen molar-refractivity contribution in [2.75, 3.05) is 14.2 Å². The first kappa shape index (κ1) is 19.6. The second-order valence-corrected chi connectivity index (χ2v) is 5.35. The monoisotopic (exact) mass is 369 g/mol. The van der Waals surface area contributed by atoms with Crippen molar-refractivity contribution in [3.63, 3.8) is 0 Å². The third-order valence-corrected chi connectivity index (χ3v) is 3.57. The number of nitro groups is 1. The van der Waals surface area contributed by atoms with Gasteiger partial charge < -0.3 is 9.47 Å². The van der Waals surface area contributed by atoms with Crippen molar-refractivity contribution in [1.82, 2.24) is 5.43 Å². The lowest BCUT2D eigenvalue weighted by atomic mass is 10.1. The Hall–Kier alpha value is -3.68. The molecule has 8 nitrogen and oxygen atoms in total. The third kappa shape index (κ3) is 5.67. The molecule has 1 N–H and O–H groups in total. The van der Waals surface area contributed by atoms with Crippen LogP contribution < -0.4 is 14.9 Å². The van der Waals surface area contributed by atoms with Gasteiger partial charge in [-0.1, -0.05) is 18.2 Å². The van der Waals surface area contributed by atoms with Crippen LogP contribution in [0.5, 0.6) is 11.5 Å². The molecule has 0 aliphatic heterocycles. The minimum Gasteiger partial charge on any atom is -0.493 e. The molecule has 8 heteroatoms. The smallest absolute Gasteiger partial charge is 0.276 e. The lowest BCUT2D eigenvalue weighted by molar-refractivity contribution is -0.385. The number of nitrogens with one attached hydrogen (secondary N) is 1. The van der Waals surface area contributed by atoms with Crippen molar-refractivity contribution in [2.45, 2.75) is 6.42 Å². The second-order valence-electron chi connectivity index (χ2n) is 5.35. The van der Waals surface area contributed by atoms with Gasteiger partial charge in [-0.15, -0.1) is 0 Å². The quantitative estimate of drug-likeness (QED) is 0.438. The second kappa shape index (κ2) is 9.71. The summed E-state index contributed by atoms with van der Waals surface area (Å²) in [6.45, 7) is 0. The molecule has 2 rings (SSSR count). The molecule has 0 spiro atoms. The standard InChI is InChI=1S/C19H19N3O5/c1-26-17-10-9-14(12-18(17)27-2)13-19(23)21-20-11-5-7-15-6-3-4-8-16(15)22(24)25/h3-12H,13H2,1-2H3,(H,21,23)/b7-5+,20-11-. The van der Waals surface area contributed by atoms with Crippen LogP contribution in [0.2, 0.25) is 0 Å². The molecule has 0 saturated heterocycles. The minimum atomic E-state index is -0.457. The van der Waals surface area contributed by atoms with E-state index in [1.807, 2.05) is 0 Å². The summed E-state index contributed by atoms with van der Waals surface area (Å²) < 4.78 is 10.3. The highest BCUT2D eigenvalue weighted by Gasteiger charge is 2.09. The van der Waals surface area contributed by atoms with E-state index in [0.29, 0.717) is 17.1 Å². The van der Waals surface area contributed by atoms with Crippen molar-refractivity contribution in [3.05, 3.63) is 69.8 Å². The first-order chi connectivity index (χ1) is 13.0. The molecule has 0 radical (unpaired) electrons. The van der Waals surface area contributed by atoms with E-state index in [1.165, 1.54) is 32.6 Å². The molecule has 27 heavy (non-hydrogen) atoms. The molecular weight excluding hydrogens is 350 g/mol. The van der Waals surface area contributed by atoms with Gasteiger partial charge in [-0.2, -0.15) is 5.10 Å². The maximum absolute atomic E-state index is 11.9. The summed E-state index contributed by atoms with van der Waals surface area (Å²) in [7, 11) is 3.06. The molecule has 0 saturated carbocycles. The number of carbonyl (C=O) groups is 1. The van der Waals surface area contributed by atoms with E-state index in [2.05, 4.69) is 10.5 Å². The Labute approximate surface area is 156 Å². The Morgan fingerprint density at radius 2 is 1.93 bits per heavy atom. The number of hydrazone groups is 1. The number of rotatable bonds is 8. The average Bonchev–Trinajstić information content (AvgIpc) is 2.67. The first-order valence-corrected chi connectivity index (χ1v) is 7.98. The van der Waals surface area contributed by atoms with Gasteiger partial charge >= 0.3 is 0 Å². The molecule has 0 aromatic heterocycles. The number of nitrogens with zero attached hydrogens (tertiary/aromatic N) is 2. The third-order valence-electron chi connectivity index (χ3n) is 3.57. The van der Waals surface area contributed by atoms with Gasteiger partial charge in [0, 0.05) is 12.3 Å². The van der Waals surface area contributed by atoms with Gasteiger partial charge in [-0.25, -0.2) is 5.43 Å². The van der Waals surface area contributed by atoms with Crippen LogP contribution in [0, 0.1) is 10.1 Å². The summed E-state index contributed by atoms with van der Waals surface area (Å²) >= 11 is 0. The van der Waals surface area contributed by atoms with E-state index in [-0.39, 0.29) is 18.0 Å². The van der Waals surface area contributed by atoms with E-state index in [0.717, 1.165) is 5.56 Å². The number of allylic oxidation sites excluding steroid dienone is 1. The maximum Gasteiger partial charge on any atom is 0.276 e. The fraction of sp³-hybridized carbons (Fsp3) is 0.158. The number of methoxy groups -OCH3 is 2. The van der Waals surface area contributed by atoms with Crippen molar-refractivity contribution in [1.29, 1.82) is 0 Å². The highest BCUT2D eigenvalue weighted by molar-refractivity contribution is 5.83. The predicted octanol–water partition coefficient (Wildman–Crippen LogP) is 2.97. The summed E-state index contributed by atoms with van der Waals surface area (Å²) in [4.78, 5) is 22.4. The number of carbonyl (C=O) groups excluding carboxylic acids is 1. The number of nitro benzene ring substituents is 1. The number of hydrogen-bond donors (Lipinski definition) is 1. The van der Waals surface area contributed by atoms with Crippen molar-refractivity contribution < 1.29 is 19.2 Å². The zero-order valence-electron chi connectivity index (χ0n) is 14.9. The number of hydrogen-bond acceptors (Lipinski definition) is 6. The van der Waals surface area contributed by atoms with Gasteiger partial charge in [0.1, 0.15) is 0 Å². The van der Waals surface area contributed by atoms with Gasteiger partial charge in [0.05, 0.1) is 31.1 Å². The van der Waals surface area contributed by atoms with Crippen LogP contribution in [0.25, 0.3) is 6.08 Å². The zero-order chi connectivity index (χ0) is 19.6. The number of amides is 1. The highest BCUT2D eigenvalue weighted by atomic mass is 16.6. The first-order valence-electron chi connectivity index (χ1n) is 7.98. The summed E-state index contributed by atoms with van der Waals surface area (Å²) in [5, 5.41) is 14.7. The Bertz CT molecular complexity index is 877. The molecule has 140 valence electrons. The molecule has 0 unspecified atom stereocenters. The molecular formula is C19H19N3O5. The fourth-order valence-electron chi connectivity index (χ4n) is 2.31. The normalized spacial score (nSPS) is 10.9. The van der Waals surface area contributed by atoms with E-state index in [4.69, 9.17) is 9.47 Å². The number of benzene rings is 2. The van der Waals surface area contributed by atoms with Crippen LogP contribution in [-0.4, -0.2) is 31.3 Å². The van der Waals surface area contributed by atoms with Crippen LogP contribution >= 0.6 is 0 Å². The molecule has 0 bridgehead atoms. The number of ether oxygens (including phenoxy) is 2. The Morgan fingerprint density at radius 1 is 1.19 bits per heavy atom. The molecule has 2 aromatic carbocycles. The molecule has 2 aromatic rings. The summed E-state index contributed by atoms with van der Waals surface area (Å²) in [6, 6.07) is 11.5. The Balaban J connectivity index is 1.91. The summed E-state index contributed by atoms with van der Waals surface area (Å²) in [5.41, 5.74) is 3.59. The largest absolute Gasteiger partial charge is 0.493 e.